The Morgan fingerprint density at radius 2 is 2.22 bits per heavy atom. The highest BCUT2D eigenvalue weighted by atomic mass is 32.2. The number of hydrogen-bond acceptors (Lipinski definition) is 8. The maximum absolute atomic E-state index is 13.2. The first-order valence-electron chi connectivity index (χ1n) is 10.9. The number of carbonyl (C=O) groups excluding carboxylic acids is 1. The van der Waals surface area contributed by atoms with Crippen LogP contribution in [0.15, 0.2) is 44.1 Å². The molecule has 0 aliphatic carbocycles. The van der Waals surface area contributed by atoms with Crippen LogP contribution in [0.3, 0.4) is 0 Å². The lowest BCUT2D eigenvalue weighted by Crippen LogP contribution is -2.45. The first-order chi connectivity index (χ1) is 15.3. The predicted octanol–water partition coefficient (Wildman–Crippen LogP) is 4.26. The highest BCUT2D eigenvalue weighted by molar-refractivity contribution is 8.16. The van der Waals surface area contributed by atoms with Crippen molar-refractivity contribution in [1.29, 1.82) is 0 Å². The van der Waals surface area contributed by atoms with Crippen molar-refractivity contribution >= 4 is 28.4 Å². The molecule has 1 amide bonds. The molecule has 0 saturated heterocycles. The average Bonchev–Trinajstić information content (AvgIpc) is 3.18. The van der Waals surface area contributed by atoms with E-state index < -0.39 is 17.2 Å². The second kappa shape index (κ2) is 12.5. The van der Waals surface area contributed by atoms with Crippen LogP contribution in [0.1, 0.15) is 65.2 Å². The third kappa shape index (κ3) is 7.25. The fourth-order valence-electron chi connectivity index (χ4n) is 2.96. The second-order valence-electron chi connectivity index (χ2n) is 7.77. The number of thioether (sulfide) groups is 1. The number of nitrogens with one attached hydrogen (secondary N) is 1. The predicted molar refractivity (Wildman–Crippen MR) is 129 cm³/mol. The minimum atomic E-state index is -0.955. The molecule has 2 heterocycles. The molecule has 1 aliphatic heterocycles. The summed E-state index contributed by atoms with van der Waals surface area (Å²) in [4.78, 5) is 35.1. The summed E-state index contributed by atoms with van der Waals surface area (Å²) in [5.41, 5.74) is -0.829. The van der Waals surface area contributed by atoms with Crippen molar-refractivity contribution in [1.82, 2.24) is 5.32 Å². The normalized spacial score (nSPS) is 19.2. The number of amides is 1. The molecule has 1 aromatic rings. The molecule has 1 aliphatic rings. The molecule has 1 unspecified atom stereocenters. The number of carbonyl (C=O) groups is 1. The molecule has 176 valence electrons. The summed E-state index contributed by atoms with van der Waals surface area (Å²) in [5, 5.41) is 7.81. The van der Waals surface area contributed by atoms with Gasteiger partial charge >= 0.3 is 5.63 Å². The van der Waals surface area contributed by atoms with Crippen molar-refractivity contribution in [2.24, 2.45) is 10.1 Å². The lowest BCUT2D eigenvalue weighted by Gasteiger charge is -2.24. The fourth-order valence-corrected chi connectivity index (χ4v) is 4.09. The molecule has 1 aromatic heterocycles. The van der Waals surface area contributed by atoms with E-state index in [2.05, 4.69) is 29.0 Å². The zero-order valence-corrected chi connectivity index (χ0v) is 20.1. The van der Waals surface area contributed by atoms with Gasteiger partial charge in [-0.05, 0) is 26.7 Å². The number of ether oxygens (including phenoxy) is 1. The smallest absolute Gasteiger partial charge is 0.339 e. The first kappa shape index (κ1) is 25.7. The molecule has 2 rings (SSSR count). The number of aliphatic imine (C=N–C) groups is 1. The van der Waals surface area contributed by atoms with Crippen LogP contribution < -0.4 is 15.7 Å². The molecule has 8 nitrogen and oxygen atoms in total. The summed E-state index contributed by atoms with van der Waals surface area (Å²) in [5.74, 6) is 0.983. The monoisotopic (exact) mass is 463 g/mol. The Balaban J connectivity index is 2.16. The third-order valence-electron chi connectivity index (χ3n) is 4.78. The van der Waals surface area contributed by atoms with Crippen molar-refractivity contribution < 1.29 is 18.8 Å². The van der Waals surface area contributed by atoms with E-state index in [4.69, 9.17) is 14.0 Å². The maximum Gasteiger partial charge on any atom is 0.339 e. The zero-order valence-electron chi connectivity index (χ0n) is 19.3. The molecule has 0 saturated carbocycles. The van der Waals surface area contributed by atoms with E-state index in [1.165, 1.54) is 17.8 Å². The van der Waals surface area contributed by atoms with Gasteiger partial charge in [-0.15, -0.1) is 11.8 Å². The topological polar surface area (TPSA) is 102 Å². The molecule has 9 heteroatoms. The van der Waals surface area contributed by atoms with Gasteiger partial charge in [-0.25, -0.2) is 4.79 Å². The van der Waals surface area contributed by atoms with Crippen LogP contribution in [0.4, 0.5) is 0 Å². The van der Waals surface area contributed by atoms with Gasteiger partial charge in [0.05, 0.1) is 12.1 Å². The summed E-state index contributed by atoms with van der Waals surface area (Å²) in [6, 6.07) is 2.44. The summed E-state index contributed by atoms with van der Waals surface area (Å²) in [6.45, 7) is 12.1. The van der Waals surface area contributed by atoms with Crippen LogP contribution in [0.25, 0.3) is 0 Å². The summed E-state index contributed by atoms with van der Waals surface area (Å²) in [7, 11) is 0. The third-order valence-corrected chi connectivity index (χ3v) is 6.15. The van der Waals surface area contributed by atoms with E-state index in [1.807, 2.05) is 13.8 Å². The number of oxime groups is 1. The molecule has 0 spiro atoms. The highest BCUT2D eigenvalue weighted by Crippen LogP contribution is 2.30. The molecule has 0 aromatic carbocycles. The molecular formula is C23H33N3O5S. The van der Waals surface area contributed by atoms with Gasteiger partial charge in [0, 0.05) is 11.8 Å². The van der Waals surface area contributed by atoms with Gasteiger partial charge in [-0.2, -0.15) is 0 Å². The lowest BCUT2D eigenvalue weighted by atomic mass is 10.0. The Morgan fingerprint density at radius 3 is 2.91 bits per heavy atom. The van der Waals surface area contributed by atoms with Crippen LogP contribution in [-0.2, 0) is 9.63 Å². The Kier molecular flexibility index (Phi) is 10.0. The molecule has 2 atom stereocenters. The van der Waals surface area contributed by atoms with Crippen molar-refractivity contribution in [3.8, 4) is 5.75 Å². The van der Waals surface area contributed by atoms with E-state index in [-0.39, 0.29) is 12.5 Å². The van der Waals surface area contributed by atoms with E-state index >= 15 is 0 Å². The van der Waals surface area contributed by atoms with E-state index in [1.54, 1.807) is 19.1 Å². The largest absolute Gasteiger partial charge is 0.489 e. The van der Waals surface area contributed by atoms with Crippen molar-refractivity contribution in [3.63, 3.8) is 0 Å². The molecule has 0 bridgehead atoms. The van der Waals surface area contributed by atoms with Gasteiger partial charge in [0.2, 0.25) is 5.91 Å². The van der Waals surface area contributed by atoms with Crippen LogP contribution in [0, 0.1) is 0 Å². The van der Waals surface area contributed by atoms with Gasteiger partial charge in [-0.3, -0.25) is 9.79 Å². The standard InChI is InChI=1S/C23H33N3O5S/c1-6-9-12-30-26-16(4)21-25-23(5,15-32-21)22(28)24-18(10-7-2)19-13-17(29-11-8-3)14-20(27)31-19/h8,13-14,18H,3,6-7,9-12,15H2,1-2,4-5H3,(H,24,28)/b26-16+/t18-,23?/m1/s1. The van der Waals surface area contributed by atoms with Crippen molar-refractivity contribution in [2.75, 3.05) is 19.0 Å². The maximum atomic E-state index is 13.2. The molecule has 32 heavy (non-hydrogen) atoms. The number of hydrogen-bond donors (Lipinski definition) is 1. The van der Waals surface area contributed by atoms with Gasteiger partial charge in [0.1, 0.15) is 41.0 Å². The van der Waals surface area contributed by atoms with E-state index in [0.717, 1.165) is 19.3 Å². The Bertz CT molecular complexity index is 911. The summed E-state index contributed by atoms with van der Waals surface area (Å²) in [6.07, 6.45) is 4.95. The Hall–Kier alpha value is -2.55. The molecule has 1 N–H and O–H groups in total. The minimum absolute atomic E-state index is 0.238. The Morgan fingerprint density at radius 1 is 1.44 bits per heavy atom. The van der Waals surface area contributed by atoms with Crippen LogP contribution in [-0.4, -0.2) is 41.2 Å². The van der Waals surface area contributed by atoms with E-state index in [9.17, 15) is 9.59 Å². The van der Waals surface area contributed by atoms with Gasteiger partial charge in [-0.1, -0.05) is 44.5 Å². The van der Waals surface area contributed by atoms with Gasteiger partial charge < -0.3 is 19.3 Å². The first-order valence-corrected chi connectivity index (χ1v) is 11.9. The lowest BCUT2D eigenvalue weighted by molar-refractivity contribution is -0.125. The van der Waals surface area contributed by atoms with Crippen LogP contribution in [0.5, 0.6) is 5.75 Å². The summed E-state index contributed by atoms with van der Waals surface area (Å²) < 4.78 is 10.9. The fraction of sp³-hybridized carbons (Fsp3) is 0.565. The molecule has 0 fully saturated rings. The molecule has 0 radical (unpaired) electrons. The number of rotatable bonds is 13. The average molecular weight is 464 g/mol. The SMILES string of the molecule is C=CCOc1cc([C@@H](CCC)NC(=O)C2(C)CSC(/C(C)=N/OCCCC)=N2)oc(=O)c1. The minimum Gasteiger partial charge on any atom is -0.489 e. The number of nitrogens with zero attached hydrogens (tertiary/aromatic N) is 2. The summed E-state index contributed by atoms with van der Waals surface area (Å²) >= 11 is 1.48. The molecular weight excluding hydrogens is 430 g/mol. The number of unbranched alkanes of at least 4 members (excludes halogenated alkanes) is 1. The van der Waals surface area contributed by atoms with Crippen molar-refractivity contribution in [2.45, 2.75) is 65.0 Å². The van der Waals surface area contributed by atoms with Crippen LogP contribution in [0.2, 0.25) is 0 Å². The Labute approximate surface area is 193 Å². The quantitative estimate of drug-likeness (QED) is 0.203. The van der Waals surface area contributed by atoms with Gasteiger partial charge in [0.15, 0.2) is 0 Å². The highest BCUT2D eigenvalue weighted by Gasteiger charge is 2.40. The zero-order chi connectivity index (χ0) is 23.6. The van der Waals surface area contributed by atoms with E-state index in [0.29, 0.717) is 41.0 Å². The van der Waals surface area contributed by atoms with Gasteiger partial charge in [0.25, 0.3) is 0 Å². The second-order valence-corrected chi connectivity index (χ2v) is 8.74. The van der Waals surface area contributed by atoms with Crippen molar-refractivity contribution in [3.05, 3.63) is 41.0 Å². The van der Waals surface area contributed by atoms with Crippen LogP contribution >= 0.6 is 11.8 Å².